The maximum atomic E-state index is 4.60. The quantitative estimate of drug-likeness (QED) is 0.775. The number of benzene rings is 2. The summed E-state index contributed by atoms with van der Waals surface area (Å²) in [7, 11) is 0. The van der Waals surface area contributed by atoms with E-state index in [-0.39, 0.29) is 5.92 Å². The number of aromatic nitrogens is 3. The zero-order chi connectivity index (χ0) is 13.9. The van der Waals surface area contributed by atoms with Crippen molar-refractivity contribution in [2.45, 2.75) is 12.8 Å². The van der Waals surface area contributed by atoms with E-state index < -0.39 is 0 Å². The molecule has 1 N–H and O–H groups in total. The molecule has 0 amide bonds. The third-order valence-electron chi connectivity index (χ3n) is 3.31. The van der Waals surface area contributed by atoms with E-state index in [1.54, 1.807) is 0 Å². The van der Waals surface area contributed by atoms with Crippen LogP contribution in [0.3, 0.4) is 0 Å². The first-order valence-corrected chi connectivity index (χ1v) is 7.26. The average Bonchev–Trinajstić information content (AvgIpc) is 2.98. The van der Waals surface area contributed by atoms with E-state index in [4.69, 9.17) is 0 Å². The number of hydrogen-bond acceptors (Lipinski definition) is 2. The number of hydrogen-bond donors (Lipinski definition) is 1. The summed E-state index contributed by atoms with van der Waals surface area (Å²) in [5.41, 5.74) is 2.24. The number of aromatic amines is 1. The highest BCUT2D eigenvalue weighted by atomic mass is 79.9. The van der Waals surface area contributed by atoms with Gasteiger partial charge in [0, 0.05) is 16.0 Å². The first-order valence-electron chi connectivity index (χ1n) is 6.47. The molecule has 1 heterocycles. The summed E-state index contributed by atoms with van der Waals surface area (Å²) in [6.07, 6.45) is 0. The molecule has 20 heavy (non-hydrogen) atoms. The van der Waals surface area contributed by atoms with Crippen LogP contribution in [0.2, 0.25) is 0 Å². The highest BCUT2D eigenvalue weighted by Crippen LogP contribution is 2.23. The molecule has 0 saturated heterocycles. The van der Waals surface area contributed by atoms with Crippen molar-refractivity contribution in [3.05, 3.63) is 70.5 Å². The van der Waals surface area contributed by atoms with E-state index in [0.29, 0.717) is 0 Å². The molecule has 3 nitrogen and oxygen atoms in total. The van der Waals surface area contributed by atoms with Crippen molar-refractivity contribution in [1.29, 1.82) is 0 Å². The Morgan fingerprint density at radius 3 is 2.40 bits per heavy atom. The predicted octanol–water partition coefficient (Wildman–Crippen LogP) is 4.39. The van der Waals surface area contributed by atoms with Crippen LogP contribution in [0.1, 0.15) is 24.2 Å². The summed E-state index contributed by atoms with van der Waals surface area (Å²) in [4.78, 5) is 4.60. The van der Waals surface area contributed by atoms with E-state index in [9.17, 15) is 0 Å². The average molecular weight is 328 g/mol. The van der Waals surface area contributed by atoms with E-state index in [2.05, 4.69) is 50.2 Å². The molecule has 0 spiro atoms. The molecule has 0 fully saturated rings. The summed E-state index contributed by atoms with van der Waals surface area (Å²) in [6, 6.07) is 18.3. The summed E-state index contributed by atoms with van der Waals surface area (Å²) in [5, 5.41) is 7.36. The lowest BCUT2D eigenvalue weighted by atomic mass is 10.0. The second kappa shape index (κ2) is 5.59. The lowest BCUT2D eigenvalue weighted by Crippen LogP contribution is -1.98. The highest BCUT2D eigenvalue weighted by molar-refractivity contribution is 9.10. The zero-order valence-corrected chi connectivity index (χ0v) is 12.6. The Hall–Kier alpha value is -1.94. The molecule has 0 saturated carbocycles. The molecule has 0 radical (unpaired) electrons. The summed E-state index contributed by atoms with van der Waals surface area (Å²) >= 11 is 3.43. The molecule has 100 valence electrons. The fraction of sp³-hybridized carbons (Fsp3) is 0.125. The van der Waals surface area contributed by atoms with Crippen LogP contribution < -0.4 is 0 Å². The lowest BCUT2D eigenvalue weighted by Gasteiger charge is -2.07. The third kappa shape index (κ3) is 2.65. The Balaban J connectivity index is 1.89. The van der Waals surface area contributed by atoms with Crippen LogP contribution in [0, 0.1) is 0 Å². The van der Waals surface area contributed by atoms with Crippen molar-refractivity contribution in [1.82, 2.24) is 15.2 Å². The van der Waals surface area contributed by atoms with Gasteiger partial charge in [-0.15, -0.1) is 0 Å². The number of H-pyrrole nitrogens is 1. The molecule has 3 rings (SSSR count). The zero-order valence-electron chi connectivity index (χ0n) is 11.0. The van der Waals surface area contributed by atoms with Gasteiger partial charge in [-0.1, -0.05) is 65.3 Å². The maximum absolute atomic E-state index is 4.60. The van der Waals surface area contributed by atoms with Crippen LogP contribution in [-0.2, 0) is 0 Å². The van der Waals surface area contributed by atoms with Gasteiger partial charge in [0.2, 0.25) is 0 Å². The maximum Gasteiger partial charge on any atom is 0.181 e. The van der Waals surface area contributed by atoms with Gasteiger partial charge < -0.3 is 0 Å². The SMILES string of the molecule is CC(c1ccccc1)c1nc(-c2ccc(Br)cc2)n[nH]1. The normalized spacial score (nSPS) is 12.3. The van der Waals surface area contributed by atoms with E-state index in [1.165, 1.54) is 5.56 Å². The van der Waals surface area contributed by atoms with E-state index in [1.807, 2.05) is 42.5 Å². The van der Waals surface area contributed by atoms with E-state index in [0.717, 1.165) is 21.7 Å². The van der Waals surface area contributed by atoms with Gasteiger partial charge >= 0.3 is 0 Å². The molecule has 4 heteroatoms. The number of rotatable bonds is 3. The van der Waals surface area contributed by atoms with Crippen LogP contribution in [0.25, 0.3) is 11.4 Å². The van der Waals surface area contributed by atoms with Gasteiger partial charge in [-0.25, -0.2) is 4.98 Å². The second-order valence-corrected chi connectivity index (χ2v) is 5.60. The monoisotopic (exact) mass is 327 g/mol. The lowest BCUT2D eigenvalue weighted by molar-refractivity contribution is 0.823. The molecule has 0 aliphatic rings. The minimum atomic E-state index is 0.202. The standard InChI is InChI=1S/C16H14BrN3/c1-11(12-5-3-2-4-6-12)15-18-16(20-19-15)13-7-9-14(17)10-8-13/h2-11H,1H3,(H,18,19,20). The predicted molar refractivity (Wildman–Crippen MR) is 83.5 cm³/mol. The topological polar surface area (TPSA) is 41.6 Å². The van der Waals surface area contributed by atoms with Gasteiger partial charge in [-0.05, 0) is 17.7 Å². The van der Waals surface area contributed by atoms with Crippen molar-refractivity contribution in [2.24, 2.45) is 0 Å². The highest BCUT2D eigenvalue weighted by Gasteiger charge is 2.13. The van der Waals surface area contributed by atoms with Gasteiger partial charge in [-0.3, -0.25) is 5.10 Å². The van der Waals surface area contributed by atoms with Crippen molar-refractivity contribution in [3.8, 4) is 11.4 Å². The van der Waals surface area contributed by atoms with Gasteiger partial charge in [0.15, 0.2) is 5.82 Å². The van der Waals surface area contributed by atoms with Crippen LogP contribution in [0.15, 0.2) is 59.1 Å². The van der Waals surface area contributed by atoms with Gasteiger partial charge in [0.05, 0.1) is 0 Å². The van der Waals surface area contributed by atoms with Crippen LogP contribution in [0.4, 0.5) is 0 Å². The minimum Gasteiger partial charge on any atom is -0.262 e. The number of nitrogens with one attached hydrogen (secondary N) is 1. The minimum absolute atomic E-state index is 0.202. The van der Waals surface area contributed by atoms with Crippen LogP contribution in [-0.4, -0.2) is 15.2 Å². The van der Waals surface area contributed by atoms with Gasteiger partial charge in [-0.2, -0.15) is 5.10 Å². The summed E-state index contributed by atoms with van der Waals surface area (Å²) < 4.78 is 1.05. The molecule has 1 atom stereocenters. The Kier molecular flexibility index (Phi) is 3.65. The fourth-order valence-electron chi connectivity index (χ4n) is 2.10. The molecule has 2 aromatic carbocycles. The Morgan fingerprint density at radius 2 is 1.70 bits per heavy atom. The van der Waals surface area contributed by atoms with Gasteiger partial charge in [0.25, 0.3) is 0 Å². The van der Waals surface area contributed by atoms with Crippen molar-refractivity contribution >= 4 is 15.9 Å². The Bertz CT molecular complexity index is 689. The van der Waals surface area contributed by atoms with E-state index >= 15 is 0 Å². The Morgan fingerprint density at radius 1 is 1.00 bits per heavy atom. The Labute approximate surface area is 126 Å². The molecule has 0 aliphatic carbocycles. The molecule has 1 unspecified atom stereocenters. The number of nitrogens with zero attached hydrogens (tertiary/aromatic N) is 2. The molecular formula is C16H14BrN3. The van der Waals surface area contributed by atoms with Crippen LogP contribution >= 0.6 is 15.9 Å². The summed E-state index contributed by atoms with van der Waals surface area (Å²) in [5.74, 6) is 1.82. The van der Waals surface area contributed by atoms with Crippen molar-refractivity contribution in [3.63, 3.8) is 0 Å². The molecule has 0 aliphatic heterocycles. The van der Waals surface area contributed by atoms with Crippen molar-refractivity contribution in [2.75, 3.05) is 0 Å². The molecular weight excluding hydrogens is 314 g/mol. The third-order valence-corrected chi connectivity index (χ3v) is 3.84. The smallest absolute Gasteiger partial charge is 0.181 e. The van der Waals surface area contributed by atoms with Gasteiger partial charge in [0.1, 0.15) is 5.82 Å². The second-order valence-electron chi connectivity index (χ2n) is 4.68. The fourth-order valence-corrected chi connectivity index (χ4v) is 2.36. The molecule has 3 aromatic rings. The summed E-state index contributed by atoms with van der Waals surface area (Å²) in [6.45, 7) is 2.13. The van der Waals surface area contributed by atoms with Crippen LogP contribution in [0.5, 0.6) is 0 Å². The number of halogens is 1. The largest absolute Gasteiger partial charge is 0.262 e. The molecule has 1 aromatic heterocycles. The first-order chi connectivity index (χ1) is 9.74. The van der Waals surface area contributed by atoms with Crippen molar-refractivity contribution < 1.29 is 0 Å². The molecule has 0 bridgehead atoms. The first kappa shape index (κ1) is 13.1.